The number of anilines is 1. The molecule has 112 valence electrons. The first-order chi connectivity index (χ1) is 9.89. The fourth-order valence-electron chi connectivity index (χ4n) is 2.39. The molecule has 2 heterocycles. The Balaban J connectivity index is 1.83. The highest BCUT2D eigenvalue weighted by atomic mass is 19.3. The van der Waals surface area contributed by atoms with Gasteiger partial charge in [-0.3, -0.25) is 9.59 Å². The van der Waals surface area contributed by atoms with Crippen LogP contribution < -0.4 is 14.4 Å². The lowest BCUT2D eigenvalue weighted by molar-refractivity contribution is -0.286. The Bertz CT molecular complexity index is 619. The number of rotatable bonds is 2. The lowest BCUT2D eigenvalue weighted by atomic mass is 10.1. The Kier molecular flexibility index (Phi) is 2.96. The summed E-state index contributed by atoms with van der Waals surface area (Å²) >= 11 is 0. The van der Waals surface area contributed by atoms with E-state index in [4.69, 9.17) is 0 Å². The number of nitrogens with zero attached hydrogens (tertiary/aromatic N) is 1. The normalized spacial score (nSPS) is 22.5. The van der Waals surface area contributed by atoms with Crippen molar-refractivity contribution in [3.63, 3.8) is 0 Å². The summed E-state index contributed by atoms with van der Waals surface area (Å²) < 4.78 is 39.1. The Morgan fingerprint density at radius 1 is 1.38 bits per heavy atom. The number of hydrogen-bond acceptors (Lipinski definition) is 5. The van der Waals surface area contributed by atoms with Crippen LogP contribution in [0.3, 0.4) is 0 Å². The molecule has 0 bridgehead atoms. The second kappa shape index (κ2) is 4.57. The Labute approximate surface area is 118 Å². The maximum Gasteiger partial charge on any atom is 0.586 e. The largest absolute Gasteiger partial charge is 0.586 e. The lowest BCUT2D eigenvalue weighted by Gasteiger charge is -2.16. The molecule has 6 nitrogen and oxygen atoms in total. The zero-order valence-electron chi connectivity index (χ0n) is 11.0. The molecule has 0 saturated carbocycles. The van der Waals surface area contributed by atoms with Crippen molar-refractivity contribution < 1.29 is 32.6 Å². The minimum Gasteiger partial charge on any atom is -0.469 e. The molecule has 1 amide bonds. The first-order valence-corrected chi connectivity index (χ1v) is 6.18. The van der Waals surface area contributed by atoms with E-state index in [1.807, 2.05) is 0 Å². The van der Waals surface area contributed by atoms with Gasteiger partial charge in [0.1, 0.15) is 0 Å². The highest BCUT2D eigenvalue weighted by Crippen LogP contribution is 2.43. The van der Waals surface area contributed by atoms with E-state index in [9.17, 15) is 18.4 Å². The predicted octanol–water partition coefficient (Wildman–Crippen LogP) is 1.53. The predicted molar refractivity (Wildman–Crippen MR) is 65.1 cm³/mol. The first-order valence-electron chi connectivity index (χ1n) is 6.18. The van der Waals surface area contributed by atoms with Crippen LogP contribution >= 0.6 is 0 Å². The van der Waals surface area contributed by atoms with Crippen molar-refractivity contribution in [2.24, 2.45) is 5.92 Å². The van der Waals surface area contributed by atoms with E-state index in [1.165, 1.54) is 30.2 Å². The van der Waals surface area contributed by atoms with Gasteiger partial charge >= 0.3 is 12.3 Å². The van der Waals surface area contributed by atoms with Gasteiger partial charge < -0.3 is 19.1 Å². The van der Waals surface area contributed by atoms with Gasteiger partial charge in [0.25, 0.3) is 0 Å². The van der Waals surface area contributed by atoms with Crippen LogP contribution in [0.5, 0.6) is 11.5 Å². The summed E-state index contributed by atoms with van der Waals surface area (Å²) in [5.74, 6) is -1.56. The topological polar surface area (TPSA) is 65.1 Å². The first kappa shape index (κ1) is 13.6. The number of carbonyl (C=O) groups is 2. The third-order valence-corrected chi connectivity index (χ3v) is 3.36. The monoisotopic (exact) mass is 299 g/mol. The van der Waals surface area contributed by atoms with Gasteiger partial charge in [0.2, 0.25) is 5.91 Å². The molecule has 2 aliphatic rings. The number of methoxy groups -OCH3 is 1. The highest BCUT2D eigenvalue weighted by Gasteiger charge is 2.44. The van der Waals surface area contributed by atoms with Crippen molar-refractivity contribution in [2.45, 2.75) is 12.7 Å². The maximum atomic E-state index is 13.0. The number of benzene rings is 1. The van der Waals surface area contributed by atoms with Gasteiger partial charge in [-0.05, 0) is 12.1 Å². The smallest absolute Gasteiger partial charge is 0.469 e. The fourth-order valence-corrected chi connectivity index (χ4v) is 2.39. The molecule has 1 unspecified atom stereocenters. The van der Waals surface area contributed by atoms with Gasteiger partial charge in [-0.25, -0.2) is 0 Å². The van der Waals surface area contributed by atoms with Crippen LogP contribution in [0.25, 0.3) is 0 Å². The molecule has 0 N–H and O–H groups in total. The minimum absolute atomic E-state index is 0.0251. The molecular formula is C13H11F2NO5. The molecule has 1 saturated heterocycles. The van der Waals surface area contributed by atoms with Gasteiger partial charge in [0.05, 0.1) is 13.0 Å². The van der Waals surface area contributed by atoms with Gasteiger partial charge in [0.15, 0.2) is 11.5 Å². The summed E-state index contributed by atoms with van der Waals surface area (Å²) in [6.07, 6.45) is -3.68. The summed E-state index contributed by atoms with van der Waals surface area (Å²) in [6, 6.07) is 4.04. The second-order valence-electron chi connectivity index (χ2n) is 4.73. The van der Waals surface area contributed by atoms with Crippen molar-refractivity contribution >= 4 is 17.6 Å². The summed E-state index contributed by atoms with van der Waals surface area (Å²) in [7, 11) is 1.25. The van der Waals surface area contributed by atoms with Crippen molar-refractivity contribution in [3.8, 4) is 11.5 Å². The second-order valence-corrected chi connectivity index (χ2v) is 4.73. The van der Waals surface area contributed by atoms with Crippen LogP contribution in [0.1, 0.15) is 6.42 Å². The lowest BCUT2D eigenvalue weighted by Crippen LogP contribution is -2.26. The Morgan fingerprint density at radius 2 is 2.10 bits per heavy atom. The van der Waals surface area contributed by atoms with E-state index in [2.05, 4.69) is 14.2 Å². The van der Waals surface area contributed by atoms with Crippen molar-refractivity contribution in [3.05, 3.63) is 18.2 Å². The fraction of sp³-hybridized carbons (Fsp3) is 0.385. The number of esters is 1. The summed E-state index contributed by atoms with van der Waals surface area (Å²) in [6.45, 7) is 0.140. The van der Waals surface area contributed by atoms with E-state index in [1.54, 1.807) is 0 Å². The van der Waals surface area contributed by atoms with Gasteiger partial charge in [0, 0.05) is 24.7 Å². The maximum absolute atomic E-state index is 13.0. The molecule has 0 spiro atoms. The molecule has 1 atom stereocenters. The van der Waals surface area contributed by atoms with E-state index >= 15 is 0 Å². The molecule has 3 rings (SSSR count). The third-order valence-electron chi connectivity index (χ3n) is 3.36. The van der Waals surface area contributed by atoms with Crippen molar-refractivity contribution in [1.29, 1.82) is 0 Å². The molecule has 0 aromatic heterocycles. The third kappa shape index (κ3) is 2.37. The molecule has 1 fully saturated rings. The summed E-state index contributed by atoms with van der Waals surface area (Å²) in [5, 5.41) is 0. The van der Waals surface area contributed by atoms with Crippen LogP contribution in [0.2, 0.25) is 0 Å². The molecular weight excluding hydrogens is 288 g/mol. The van der Waals surface area contributed by atoms with E-state index in [-0.39, 0.29) is 30.4 Å². The number of fused-ring (bicyclic) bond motifs is 1. The summed E-state index contributed by atoms with van der Waals surface area (Å²) in [4.78, 5) is 24.7. The van der Waals surface area contributed by atoms with E-state index < -0.39 is 18.2 Å². The number of halogens is 2. The van der Waals surface area contributed by atoms with Crippen LogP contribution in [0.15, 0.2) is 18.2 Å². The van der Waals surface area contributed by atoms with E-state index in [0.29, 0.717) is 5.69 Å². The standard InChI is InChI=1S/C13H11F2NO5/c1-19-12(18)7-4-11(17)16(6-7)8-2-3-9-10(5-8)21-13(14,15)20-9/h2-3,5,7H,4,6H2,1H3. The van der Waals surface area contributed by atoms with Gasteiger partial charge in [-0.1, -0.05) is 0 Å². The molecule has 0 radical (unpaired) electrons. The van der Waals surface area contributed by atoms with E-state index in [0.717, 1.165) is 0 Å². The highest BCUT2D eigenvalue weighted by molar-refractivity contribution is 5.99. The number of carbonyl (C=O) groups excluding carboxylic acids is 2. The van der Waals surface area contributed by atoms with Gasteiger partial charge in [-0.15, -0.1) is 8.78 Å². The number of hydrogen-bond donors (Lipinski definition) is 0. The van der Waals surface area contributed by atoms with Gasteiger partial charge in [-0.2, -0.15) is 0 Å². The van der Waals surface area contributed by atoms with Crippen LogP contribution in [-0.2, 0) is 14.3 Å². The molecule has 21 heavy (non-hydrogen) atoms. The quantitative estimate of drug-likeness (QED) is 0.775. The van der Waals surface area contributed by atoms with Crippen molar-refractivity contribution in [1.82, 2.24) is 0 Å². The molecule has 1 aromatic carbocycles. The summed E-state index contributed by atoms with van der Waals surface area (Å²) in [5.41, 5.74) is 0.367. The zero-order chi connectivity index (χ0) is 15.2. The average Bonchev–Trinajstić information content (AvgIpc) is 2.95. The molecule has 0 aliphatic carbocycles. The zero-order valence-corrected chi connectivity index (χ0v) is 11.0. The molecule has 8 heteroatoms. The van der Waals surface area contributed by atoms with Crippen LogP contribution in [-0.4, -0.2) is 31.8 Å². The average molecular weight is 299 g/mol. The number of ether oxygens (including phenoxy) is 3. The molecule has 1 aromatic rings. The molecule has 2 aliphatic heterocycles. The Hall–Kier alpha value is -2.38. The number of amides is 1. The number of alkyl halides is 2. The SMILES string of the molecule is COC(=O)C1CC(=O)N(c2ccc3c(c2)OC(F)(F)O3)C1. The van der Waals surface area contributed by atoms with Crippen LogP contribution in [0.4, 0.5) is 14.5 Å². The van der Waals surface area contributed by atoms with Crippen LogP contribution in [0, 0.1) is 5.92 Å². The van der Waals surface area contributed by atoms with Crippen molar-refractivity contribution in [2.75, 3.05) is 18.6 Å². The Morgan fingerprint density at radius 3 is 2.81 bits per heavy atom. The minimum atomic E-state index is -3.70.